The van der Waals surface area contributed by atoms with E-state index in [4.69, 9.17) is 9.47 Å². The predicted octanol–water partition coefficient (Wildman–Crippen LogP) is 5.23. The molecule has 0 bridgehead atoms. The number of anilines is 2. The first-order valence-electron chi connectivity index (χ1n) is 10.4. The van der Waals surface area contributed by atoms with Crippen LogP contribution in [0.1, 0.15) is 23.7 Å². The molecule has 3 aromatic rings. The van der Waals surface area contributed by atoms with Gasteiger partial charge in [0.05, 0.1) is 18.4 Å². The van der Waals surface area contributed by atoms with Crippen LogP contribution in [0, 0.1) is 0 Å². The minimum Gasteiger partial charge on any atom is -0.497 e. The fourth-order valence-corrected chi connectivity index (χ4v) is 4.58. The monoisotopic (exact) mass is 448 g/mol. The molecule has 6 nitrogen and oxygen atoms in total. The fraction of sp³-hybridized carbons (Fsp3) is 0.200. The maximum Gasteiger partial charge on any atom is 0.262 e. The van der Waals surface area contributed by atoms with E-state index in [0.717, 1.165) is 27.6 Å². The summed E-state index contributed by atoms with van der Waals surface area (Å²) in [6.45, 7) is 2.57. The number of ether oxygens (including phenoxy) is 2. The van der Waals surface area contributed by atoms with Crippen molar-refractivity contribution in [2.24, 2.45) is 0 Å². The Morgan fingerprint density at radius 2 is 1.75 bits per heavy atom. The van der Waals surface area contributed by atoms with E-state index in [9.17, 15) is 9.59 Å². The molecule has 0 fully saturated rings. The number of benzene rings is 3. The molecule has 164 valence electrons. The number of nitrogens with zero attached hydrogens (tertiary/aromatic N) is 1. The topological polar surface area (TPSA) is 67.9 Å². The molecule has 0 radical (unpaired) electrons. The van der Waals surface area contributed by atoms with Crippen molar-refractivity contribution in [3.8, 4) is 11.5 Å². The number of carbonyl (C=O) groups excluding carboxylic acids is 2. The van der Waals surface area contributed by atoms with Crippen molar-refractivity contribution in [1.82, 2.24) is 0 Å². The zero-order chi connectivity index (χ0) is 22.5. The number of amides is 2. The van der Waals surface area contributed by atoms with Gasteiger partial charge in [0, 0.05) is 22.0 Å². The van der Waals surface area contributed by atoms with Gasteiger partial charge in [0.15, 0.2) is 6.61 Å². The standard InChI is InChI=1S/C25H24N2O4S/c1-3-14-27-21-13-8-17(15-23(21)32-22-7-5-4-6-20(22)25(27)29)26-24(28)16-31-19-11-9-18(30-2)10-12-19/h4-13,15H,3,14,16H2,1-2H3,(H,26,28). The van der Waals surface area contributed by atoms with Gasteiger partial charge in [-0.25, -0.2) is 0 Å². The van der Waals surface area contributed by atoms with Gasteiger partial charge in [-0.2, -0.15) is 0 Å². The summed E-state index contributed by atoms with van der Waals surface area (Å²) >= 11 is 1.53. The van der Waals surface area contributed by atoms with Crippen molar-refractivity contribution in [2.45, 2.75) is 23.1 Å². The van der Waals surface area contributed by atoms with Gasteiger partial charge in [-0.1, -0.05) is 30.8 Å². The van der Waals surface area contributed by atoms with Gasteiger partial charge in [0.2, 0.25) is 0 Å². The first-order chi connectivity index (χ1) is 15.6. The largest absolute Gasteiger partial charge is 0.497 e. The van der Waals surface area contributed by atoms with E-state index >= 15 is 0 Å². The van der Waals surface area contributed by atoms with E-state index < -0.39 is 0 Å². The predicted molar refractivity (Wildman–Crippen MR) is 126 cm³/mol. The lowest BCUT2D eigenvalue weighted by Crippen LogP contribution is -2.31. The van der Waals surface area contributed by atoms with Crippen molar-refractivity contribution in [3.05, 3.63) is 72.3 Å². The third-order valence-electron chi connectivity index (χ3n) is 4.99. The molecule has 0 atom stereocenters. The highest BCUT2D eigenvalue weighted by atomic mass is 32.2. The summed E-state index contributed by atoms with van der Waals surface area (Å²) < 4.78 is 10.7. The molecule has 3 aromatic carbocycles. The summed E-state index contributed by atoms with van der Waals surface area (Å²) in [5.41, 5.74) is 2.20. The summed E-state index contributed by atoms with van der Waals surface area (Å²) in [6.07, 6.45) is 0.846. The van der Waals surface area contributed by atoms with E-state index in [2.05, 4.69) is 5.32 Å². The number of nitrogens with one attached hydrogen (secondary N) is 1. The molecule has 2 amide bonds. The molecule has 0 saturated carbocycles. The summed E-state index contributed by atoms with van der Waals surface area (Å²) in [7, 11) is 1.60. The second-order valence-electron chi connectivity index (χ2n) is 7.25. The molecular formula is C25H24N2O4S. The maximum absolute atomic E-state index is 13.1. The van der Waals surface area contributed by atoms with Crippen LogP contribution in [0.4, 0.5) is 11.4 Å². The molecule has 1 N–H and O–H groups in total. The average Bonchev–Trinajstić information content (AvgIpc) is 2.93. The van der Waals surface area contributed by atoms with E-state index in [0.29, 0.717) is 23.5 Å². The Balaban J connectivity index is 1.50. The second-order valence-corrected chi connectivity index (χ2v) is 8.33. The van der Waals surface area contributed by atoms with Gasteiger partial charge < -0.3 is 19.7 Å². The Kier molecular flexibility index (Phi) is 6.66. The third kappa shape index (κ3) is 4.73. The number of carbonyl (C=O) groups is 2. The summed E-state index contributed by atoms with van der Waals surface area (Å²) in [6, 6.07) is 20.3. The highest BCUT2D eigenvalue weighted by Crippen LogP contribution is 2.42. The van der Waals surface area contributed by atoms with Crippen LogP contribution in [0.2, 0.25) is 0 Å². The van der Waals surface area contributed by atoms with Crippen LogP contribution in [0.25, 0.3) is 0 Å². The molecule has 1 aliphatic heterocycles. The molecule has 7 heteroatoms. The van der Waals surface area contributed by atoms with Gasteiger partial charge in [-0.3, -0.25) is 9.59 Å². The molecule has 0 unspecified atom stereocenters. The summed E-state index contributed by atoms with van der Waals surface area (Å²) in [5, 5.41) is 2.88. The molecule has 32 heavy (non-hydrogen) atoms. The molecule has 1 heterocycles. The first-order valence-corrected chi connectivity index (χ1v) is 11.2. The molecule has 0 spiro atoms. The molecule has 1 aliphatic rings. The van der Waals surface area contributed by atoms with E-state index in [1.54, 1.807) is 31.4 Å². The Labute approximate surface area is 191 Å². The van der Waals surface area contributed by atoms with Crippen LogP contribution in [0.15, 0.2) is 76.5 Å². The third-order valence-corrected chi connectivity index (χ3v) is 6.12. The smallest absolute Gasteiger partial charge is 0.262 e. The van der Waals surface area contributed by atoms with Gasteiger partial charge in [0.1, 0.15) is 11.5 Å². The zero-order valence-corrected chi connectivity index (χ0v) is 18.8. The Morgan fingerprint density at radius 3 is 2.50 bits per heavy atom. The van der Waals surface area contributed by atoms with Crippen LogP contribution in [0.5, 0.6) is 11.5 Å². The van der Waals surface area contributed by atoms with Gasteiger partial charge in [0.25, 0.3) is 11.8 Å². The quantitative estimate of drug-likeness (QED) is 0.536. The molecule has 0 saturated heterocycles. The van der Waals surface area contributed by atoms with Gasteiger partial charge in [-0.15, -0.1) is 0 Å². The van der Waals surface area contributed by atoms with Crippen molar-refractivity contribution < 1.29 is 19.1 Å². The van der Waals surface area contributed by atoms with E-state index in [1.807, 2.05) is 54.3 Å². The van der Waals surface area contributed by atoms with E-state index in [-0.39, 0.29) is 18.4 Å². The minimum atomic E-state index is -0.263. The number of fused-ring (bicyclic) bond motifs is 2. The number of methoxy groups -OCH3 is 1. The summed E-state index contributed by atoms with van der Waals surface area (Å²) in [4.78, 5) is 29.2. The van der Waals surface area contributed by atoms with Crippen molar-refractivity contribution in [3.63, 3.8) is 0 Å². The van der Waals surface area contributed by atoms with Gasteiger partial charge >= 0.3 is 0 Å². The lowest BCUT2D eigenvalue weighted by atomic mass is 10.1. The molecule has 0 aromatic heterocycles. The zero-order valence-electron chi connectivity index (χ0n) is 18.0. The molecule has 4 rings (SSSR count). The SMILES string of the molecule is CCCN1C(=O)c2ccccc2Sc2cc(NC(=O)COc3ccc(OC)cc3)ccc21. The van der Waals surface area contributed by atoms with Crippen LogP contribution >= 0.6 is 11.8 Å². The Morgan fingerprint density at radius 1 is 1.00 bits per heavy atom. The van der Waals surface area contributed by atoms with Crippen LogP contribution in [-0.2, 0) is 4.79 Å². The molecular weight excluding hydrogens is 424 g/mol. The highest BCUT2D eigenvalue weighted by molar-refractivity contribution is 7.99. The number of hydrogen-bond donors (Lipinski definition) is 1. The van der Waals surface area contributed by atoms with Crippen molar-refractivity contribution in [2.75, 3.05) is 30.5 Å². The maximum atomic E-state index is 13.1. The minimum absolute atomic E-state index is 0.00150. The fourth-order valence-electron chi connectivity index (χ4n) is 3.47. The van der Waals surface area contributed by atoms with E-state index in [1.165, 1.54) is 11.8 Å². The summed E-state index contributed by atoms with van der Waals surface area (Å²) in [5.74, 6) is 1.05. The lowest BCUT2D eigenvalue weighted by Gasteiger charge is -2.22. The Hall–Kier alpha value is -3.45. The number of hydrogen-bond acceptors (Lipinski definition) is 5. The van der Waals surface area contributed by atoms with Crippen LogP contribution in [0.3, 0.4) is 0 Å². The van der Waals surface area contributed by atoms with Gasteiger partial charge in [-0.05, 0) is 61.0 Å². The molecule has 0 aliphatic carbocycles. The second kappa shape index (κ2) is 9.78. The van der Waals surface area contributed by atoms with Crippen LogP contribution in [-0.4, -0.2) is 32.1 Å². The normalized spacial score (nSPS) is 12.4. The lowest BCUT2D eigenvalue weighted by molar-refractivity contribution is -0.118. The van der Waals surface area contributed by atoms with Crippen molar-refractivity contribution >= 4 is 35.0 Å². The van der Waals surface area contributed by atoms with Crippen LogP contribution < -0.4 is 19.7 Å². The Bertz CT molecular complexity index is 1130. The number of rotatable bonds is 7. The van der Waals surface area contributed by atoms with Crippen molar-refractivity contribution in [1.29, 1.82) is 0 Å². The highest BCUT2D eigenvalue weighted by Gasteiger charge is 2.26. The first kappa shape index (κ1) is 21.8. The average molecular weight is 449 g/mol.